The number of hydrogen-bond acceptors (Lipinski definition) is 6. The highest BCUT2D eigenvalue weighted by molar-refractivity contribution is 6.04. The summed E-state index contributed by atoms with van der Waals surface area (Å²) in [5.41, 5.74) is 4.93. The Morgan fingerprint density at radius 2 is 1.77 bits per heavy atom. The zero-order valence-electron chi connectivity index (χ0n) is 26.3. The minimum atomic E-state index is -0.319. The lowest BCUT2D eigenvalue weighted by molar-refractivity contribution is 0.0851. The van der Waals surface area contributed by atoms with Crippen molar-refractivity contribution in [2.75, 3.05) is 43.0 Å². The van der Waals surface area contributed by atoms with Gasteiger partial charge in [0.1, 0.15) is 5.82 Å². The first-order valence-electron chi connectivity index (χ1n) is 15.4. The Morgan fingerprint density at radius 1 is 1.00 bits per heavy atom. The number of anilines is 3. The van der Waals surface area contributed by atoms with Crippen LogP contribution in [0.2, 0.25) is 0 Å². The Labute approximate surface area is 256 Å². The van der Waals surface area contributed by atoms with Gasteiger partial charge in [0.05, 0.1) is 18.8 Å². The average Bonchev–Trinajstić information content (AvgIpc) is 3.35. The molecule has 8 heteroatoms. The van der Waals surface area contributed by atoms with Crippen molar-refractivity contribution in [1.82, 2.24) is 14.5 Å². The fourth-order valence-electron chi connectivity index (χ4n) is 5.38. The zero-order chi connectivity index (χ0) is 30.8. The normalized spacial score (nSPS) is 12.3. The Balaban J connectivity index is 1.42. The summed E-state index contributed by atoms with van der Waals surface area (Å²) in [6, 6.07) is 20.2. The molecule has 2 N–H and O–H groups in total. The molecule has 1 atom stereocenters. The fourth-order valence-corrected chi connectivity index (χ4v) is 5.38. The number of carbonyl (C=O) groups is 1. The number of hydrogen-bond donors (Lipinski definition) is 2. The van der Waals surface area contributed by atoms with Gasteiger partial charge in [-0.15, -0.1) is 0 Å². The summed E-state index contributed by atoms with van der Waals surface area (Å²) in [6.07, 6.45) is 6.62. The third-order valence-corrected chi connectivity index (χ3v) is 7.46. The van der Waals surface area contributed by atoms with Gasteiger partial charge in [-0.2, -0.15) is 0 Å². The van der Waals surface area contributed by atoms with Crippen molar-refractivity contribution < 1.29 is 14.6 Å². The SMILES string of the molecule is CCCN(CCCc1ccc(C(=O)Nc2cc(N(CCOC(C)C)c3ccc4c(ccn4C)c3)ccn2)cc1)CC(C)O. The molecule has 8 nitrogen and oxygen atoms in total. The van der Waals surface area contributed by atoms with Crippen LogP contribution in [0.25, 0.3) is 10.9 Å². The third-order valence-electron chi connectivity index (χ3n) is 7.46. The van der Waals surface area contributed by atoms with Gasteiger partial charge < -0.3 is 29.5 Å². The summed E-state index contributed by atoms with van der Waals surface area (Å²) in [4.78, 5) is 22.1. The topological polar surface area (TPSA) is 82.9 Å². The van der Waals surface area contributed by atoms with E-state index in [9.17, 15) is 9.90 Å². The molecule has 0 bridgehead atoms. The lowest BCUT2D eigenvalue weighted by atomic mass is 10.1. The molecule has 0 fully saturated rings. The Hall–Kier alpha value is -3.72. The van der Waals surface area contributed by atoms with Gasteiger partial charge in [0.2, 0.25) is 0 Å². The van der Waals surface area contributed by atoms with Gasteiger partial charge in [0, 0.05) is 66.4 Å². The van der Waals surface area contributed by atoms with Gasteiger partial charge >= 0.3 is 0 Å². The molecule has 0 aliphatic carbocycles. The first kappa shape index (κ1) is 32.2. The molecule has 4 rings (SSSR count). The van der Waals surface area contributed by atoms with Crippen LogP contribution in [0.15, 0.2) is 73.1 Å². The molecule has 0 aliphatic heterocycles. The first-order chi connectivity index (χ1) is 20.7. The van der Waals surface area contributed by atoms with E-state index in [1.54, 1.807) is 6.20 Å². The second-order valence-corrected chi connectivity index (χ2v) is 11.5. The van der Waals surface area contributed by atoms with Crippen molar-refractivity contribution in [3.8, 4) is 0 Å². The van der Waals surface area contributed by atoms with Gasteiger partial charge in [0.15, 0.2) is 0 Å². The van der Waals surface area contributed by atoms with E-state index in [-0.39, 0.29) is 18.1 Å². The zero-order valence-corrected chi connectivity index (χ0v) is 26.3. The molecule has 0 aliphatic rings. The summed E-state index contributed by atoms with van der Waals surface area (Å²) in [6.45, 7) is 11.9. The molecule has 1 amide bonds. The van der Waals surface area contributed by atoms with E-state index in [0.717, 1.165) is 43.7 Å². The number of benzene rings is 2. The van der Waals surface area contributed by atoms with Crippen LogP contribution in [-0.2, 0) is 18.2 Å². The smallest absolute Gasteiger partial charge is 0.256 e. The maximum Gasteiger partial charge on any atom is 0.256 e. The number of rotatable bonds is 16. The maximum atomic E-state index is 13.1. The number of aliphatic hydroxyl groups excluding tert-OH is 1. The highest BCUT2D eigenvalue weighted by Crippen LogP contribution is 2.30. The maximum absolute atomic E-state index is 13.1. The van der Waals surface area contributed by atoms with Crippen LogP contribution in [-0.4, -0.2) is 70.5 Å². The van der Waals surface area contributed by atoms with E-state index in [1.807, 2.05) is 64.2 Å². The summed E-state index contributed by atoms with van der Waals surface area (Å²) in [5.74, 6) is 0.305. The van der Waals surface area contributed by atoms with Crippen molar-refractivity contribution in [3.63, 3.8) is 0 Å². The van der Waals surface area contributed by atoms with E-state index in [0.29, 0.717) is 31.1 Å². The number of amides is 1. The minimum absolute atomic E-state index is 0.142. The highest BCUT2D eigenvalue weighted by Gasteiger charge is 2.14. The number of pyridine rings is 1. The molecule has 0 radical (unpaired) electrons. The van der Waals surface area contributed by atoms with E-state index < -0.39 is 0 Å². The van der Waals surface area contributed by atoms with Crippen LogP contribution in [0, 0.1) is 0 Å². The van der Waals surface area contributed by atoms with Crippen molar-refractivity contribution in [3.05, 3.63) is 84.2 Å². The average molecular weight is 586 g/mol. The molecule has 230 valence electrons. The van der Waals surface area contributed by atoms with Crippen molar-refractivity contribution in [1.29, 1.82) is 0 Å². The molecule has 2 aromatic heterocycles. The number of aromatic nitrogens is 2. The molecular formula is C35H47N5O3. The van der Waals surface area contributed by atoms with Crippen LogP contribution in [0.3, 0.4) is 0 Å². The van der Waals surface area contributed by atoms with Gasteiger partial charge in [-0.3, -0.25) is 4.79 Å². The van der Waals surface area contributed by atoms with Gasteiger partial charge in [0.25, 0.3) is 5.91 Å². The number of aryl methyl sites for hydroxylation is 2. The summed E-state index contributed by atoms with van der Waals surface area (Å²) < 4.78 is 8.00. The van der Waals surface area contributed by atoms with Gasteiger partial charge in [-0.1, -0.05) is 19.1 Å². The lowest BCUT2D eigenvalue weighted by Gasteiger charge is -2.26. The summed E-state index contributed by atoms with van der Waals surface area (Å²) in [7, 11) is 2.05. The van der Waals surface area contributed by atoms with Crippen molar-refractivity contribution in [2.24, 2.45) is 7.05 Å². The van der Waals surface area contributed by atoms with Gasteiger partial charge in [-0.25, -0.2) is 4.98 Å². The molecule has 2 aromatic carbocycles. The van der Waals surface area contributed by atoms with Crippen LogP contribution in [0.5, 0.6) is 0 Å². The number of ether oxygens (including phenoxy) is 1. The van der Waals surface area contributed by atoms with E-state index >= 15 is 0 Å². The number of carbonyl (C=O) groups excluding carboxylic acids is 1. The predicted molar refractivity (Wildman–Crippen MR) is 176 cm³/mol. The van der Waals surface area contributed by atoms with Crippen molar-refractivity contribution in [2.45, 2.75) is 59.2 Å². The first-order valence-corrected chi connectivity index (χ1v) is 15.4. The standard InChI is InChI=1S/C35H47N5O3/c1-6-18-39(25-27(4)41)19-7-8-28-9-11-29(12-10-28)35(42)37-34-24-32(15-17-36-34)40(21-22-43-26(2)3)31-13-14-33-30(23-31)16-20-38(33)5/h9-17,20,23-24,26-27,41H,6-8,18-19,21-22,25H2,1-5H3,(H,36,37,42). The highest BCUT2D eigenvalue weighted by atomic mass is 16.5. The predicted octanol–water partition coefficient (Wildman–Crippen LogP) is 6.41. The third kappa shape index (κ3) is 9.38. The van der Waals surface area contributed by atoms with Gasteiger partial charge in [-0.05, 0) is 101 Å². The lowest BCUT2D eigenvalue weighted by Crippen LogP contribution is -2.32. The molecule has 0 saturated carbocycles. The van der Waals surface area contributed by atoms with E-state index in [4.69, 9.17) is 4.74 Å². The Morgan fingerprint density at radius 3 is 2.49 bits per heavy atom. The Bertz CT molecular complexity index is 1450. The summed E-state index contributed by atoms with van der Waals surface area (Å²) >= 11 is 0. The second kappa shape index (κ2) is 15.7. The van der Waals surface area contributed by atoms with Crippen LogP contribution >= 0.6 is 0 Å². The number of fused-ring (bicyclic) bond motifs is 1. The van der Waals surface area contributed by atoms with Crippen LogP contribution in [0.1, 0.15) is 56.5 Å². The van der Waals surface area contributed by atoms with Crippen LogP contribution in [0.4, 0.5) is 17.2 Å². The summed E-state index contributed by atoms with van der Waals surface area (Å²) in [5, 5.41) is 13.9. The molecular weight excluding hydrogens is 538 g/mol. The Kier molecular flexibility index (Phi) is 11.7. The van der Waals surface area contributed by atoms with E-state index in [1.165, 1.54) is 16.5 Å². The minimum Gasteiger partial charge on any atom is -0.392 e. The number of nitrogens with zero attached hydrogens (tertiary/aromatic N) is 4. The second-order valence-electron chi connectivity index (χ2n) is 11.5. The molecule has 43 heavy (non-hydrogen) atoms. The largest absolute Gasteiger partial charge is 0.392 e. The molecule has 0 spiro atoms. The molecule has 0 saturated heterocycles. The quantitative estimate of drug-likeness (QED) is 0.158. The molecule has 2 heterocycles. The number of nitrogens with one attached hydrogen (secondary N) is 1. The fraction of sp³-hybridized carbons (Fsp3) is 0.429. The molecule has 4 aromatic rings. The van der Waals surface area contributed by atoms with Crippen molar-refractivity contribution >= 4 is 34.0 Å². The molecule has 1 unspecified atom stereocenters. The number of aliphatic hydroxyl groups is 1. The van der Waals surface area contributed by atoms with E-state index in [2.05, 4.69) is 62.1 Å². The monoisotopic (exact) mass is 585 g/mol. The van der Waals surface area contributed by atoms with Crippen LogP contribution < -0.4 is 10.2 Å².